The van der Waals surface area contributed by atoms with Gasteiger partial charge in [-0.25, -0.2) is 0 Å². The van der Waals surface area contributed by atoms with Gasteiger partial charge in [0.2, 0.25) is 0 Å². The van der Waals surface area contributed by atoms with E-state index < -0.39 is 0 Å². The van der Waals surface area contributed by atoms with Gasteiger partial charge in [-0.1, -0.05) is 67.4 Å². The van der Waals surface area contributed by atoms with Gasteiger partial charge in [-0.15, -0.1) is 0 Å². The van der Waals surface area contributed by atoms with Crippen molar-refractivity contribution in [2.75, 3.05) is 0 Å². The lowest BCUT2D eigenvalue weighted by atomic mass is 9.99. The fourth-order valence-electron chi connectivity index (χ4n) is 2.53. The Morgan fingerprint density at radius 2 is 1.70 bits per heavy atom. The van der Waals surface area contributed by atoms with Crippen LogP contribution in [0, 0.1) is 6.92 Å². The van der Waals surface area contributed by atoms with Crippen molar-refractivity contribution in [2.24, 2.45) is 0 Å². The Balaban J connectivity index is 1.92. The van der Waals surface area contributed by atoms with Crippen LogP contribution in [-0.2, 0) is 12.8 Å². The molecule has 20 heavy (non-hydrogen) atoms. The Hall–Kier alpha value is -1.60. The van der Waals surface area contributed by atoms with Gasteiger partial charge in [-0.3, -0.25) is 0 Å². The van der Waals surface area contributed by atoms with E-state index in [1.165, 1.54) is 16.7 Å². The molecular weight excluding hydrogens is 244 g/mol. The zero-order valence-corrected chi connectivity index (χ0v) is 12.5. The first-order chi connectivity index (χ1) is 9.69. The molecular formula is C19H24O. The van der Waals surface area contributed by atoms with Crippen LogP contribution in [-0.4, -0.2) is 5.11 Å². The quantitative estimate of drug-likeness (QED) is 0.811. The zero-order valence-electron chi connectivity index (χ0n) is 12.5. The summed E-state index contributed by atoms with van der Waals surface area (Å²) in [6.07, 6.45) is 3.59. The van der Waals surface area contributed by atoms with Crippen molar-refractivity contribution in [2.45, 2.75) is 45.6 Å². The summed E-state index contributed by atoms with van der Waals surface area (Å²) in [5.74, 6) is 0. The average Bonchev–Trinajstić information content (AvgIpc) is 2.46. The third-order valence-electron chi connectivity index (χ3n) is 3.69. The normalized spacial score (nSPS) is 12.3. The van der Waals surface area contributed by atoms with Crippen molar-refractivity contribution in [3.8, 4) is 0 Å². The highest BCUT2D eigenvalue weighted by molar-refractivity contribution is 5.25. The van der Waals surface area contributed by atoms with Crippen molar-refractivity contribution in [1.29, 1.82) is 0 Å². The minimum atomic E-state index is -0.369. The number of aryl methyl sites for hydroxylation is 3. The Labute approximate surface area is 122 Å². The highest BCUT2D eigenvalue weighted by Crippen LogP contribution is 2.20. The molecule has 0 aliphatic rings. The zero-order chi connectivity index (χ0) is 14.4. The number of hydrogen-bond acceptors (Lipinski definition) is 1. The fourth-order valence-corrected chi connectivity index (χ4v) is 2.53. The molecule has 2 aromatic rings. The summed E-state index contributed by atoms with van der Waals surface area (Å²) in [5.41, 5.74) is 4.95. The number of rotatable bonds is 6. The van der Waals surface area contributed by atoms with E-state index in [1.54, 1.807) is 0 Å². The molecule has 0 aliphatic carbocycles. The number of aliphatic hydroxyl groups is 1. The van der Waals surface area contributed by atoms with Gasteiger partial charge in [0.25, 0.3) is 0 Å². The molecule has 2 aromatic carbocycles. The van der Waals surface area contributed by atoms with E-state index in [1.807, 2.05) is 0 Å². The van der Waals surface area contributed by atoms with Crippen LogP contribution in [0.4, 0.5) is 0 Å². The van der Waals surface area contributed by atoms with Crippen LogP contribution < -0.4 is 0 Å². The lowest BCUT2D eigenvalue weighted by Crippen LogP contribution is -2.00. The molecule has 0 fully saturated rings. The second kappa shape index (κ2) is 7.25. The summed E-state index contributed by atoms with van der Waals surface area (Å²) in [6, 6.07) is 16.9. The Bertz CT molecular complexity index is 528. The summed E-state index contributed by atoms with van der Waals surface area (Å²) in [6.45, 7) is 4.29. The molecule has 1 nitrogen and oxygen atoms in total. The first-order valence-corrected chi connectivity index (χ1v) is 7.51. The predicted molar refractivity (Wildman–Crippen MR) is 84.9 cm³/mol. The predicted octanol–water partition coefficient (Wildman–Crippen LogP) is 4.61. The summed E-state index contributed by atoms with van der Waals surface area (Å²) in [5, 5.41) is 10.3. The van der Waals surface area contributed by atoms with Crippen LogP contribution in [0.2, 0.25) is 0 Å². The average molecular weight is 268 g/mol. The number of hydrogen-bond donors (Lipinski definition) is 1. The summed E-state index contributed by atoms with van der Waals surface area (Å²) in [4.78, 5) is 0. The van der Waals surface area contributed by atoms with Crippen LogP contribution in [0.15, 0.2) is 48.5 Å². The molecule has 106 valence electrons. The molecule has 0 saturated heterocycles. The van der Waals surface area contributed by atoms with Crippen molar-refractivity contribution >= 4 is 0 Å². The van der Waals surface area contributed by atoms with Gasteiger partial charge in [0, 0.05) is 0 Å². The minimum absolute atomic E-state index is 0.369. The first kappa shape index (κ1) is 14.8. The number of aliphatic hydroxyl groups excluding tert-OH is 1. The second-order valence-corrected chi connectivity index (χ2v) is 5.54. The maximum atomic E-state index is 10.3. The van der Waals surface area contributed by atoms with E-state index in [-0.39, 0.29) is 6.10 Å². The Morgan fingerprint density at radius 3 is 2.35 bits per heavy atom. The van der Waals surface area contributed by atoms with Gasteiger partial charge in [-0.05, 0) is 42.9 Å². The first-order valence-electron chi connectivity index (χ1n) is 7.51. The van der Waals surface area contributed by atoms with Gasteiger partial charge >= 0.3 is 0 Å². The van der Waals surface area contributed by atoms with Crippen LogP contribution in [0.1, 0.15) is 48.1 Å². The van der Waals surface area contributed by atoms with Crippen LogP contribution >= 0.6 is 0 Å². The van der Waals surface area contributed by atoms with Crippen LogP contribution in [0.25, 0.3) is 0 Å². The van der Waals surface area contributed by atoms with E-state index in [4.69, 9.17) is 0 Å². The van der Waals surface area contributed by atoms with E-state index in [0.717, 1.165) is 31.2 Å². The minimum Gasteiger partial charge on any atom is -0.388 e. The van der Waals surface area contributed by atoms with E-state index in [9.17, 15) is 5.11 Å². The molecule has 1 atom stereocenters. The largest absolute Gasteiger partial charge is 0.388 e. The highest BCUT2D eigenvalue weighted by atomic mass is 16.3. The van der Waals surface area contributed by atoms with E-state index in [2.05, 4.69) is 62.4 Å². The molecule has 0 heterocycles. The SMILES string of the molecule is CCCc1ccc(C(O)CCc2cccc(C)c2)cc1. The second-order valence-electron chi connectivity index (χ2n) is 5.54. The lowest BCUT2D eigenvalue weighted by Gasteiger charge is -2.12. The van der Waals surface area contributed by atoms with E-state index in [0.29, 0.717) is 0 Å². The Kier molecular flexibility index (Phi) is 5.37. The van der Waals surface area contributed by atoms with Gasteiger partial charge in [-0.2, -0.15) is 0 Å². The molecule has 0 bridgehead atoms. The van der Waals surface area contributed by atoms with E-state index >= 15 is 0 Å². The molecule has 0 saturated carbocycles. The van der Waals surface area contributed by atoms with Crippen LogP contribution in [0.5, 0.6) is 0 Å². The maximum absolute atomic E-state index is 10.3. The highest BCUT2D eigenvalue weighted by Gasteiger charge is 2.07. The standard InChI is InChI=1S/C19H24O/c1-3-5-16-8-11-18(12-9-16)19(20)13-10-17-7-4-6-15(2)14-17/h4,6-9,11-12,14,19-20H,3,5,10,13H2,1-2H3. The molecule has 0 aliphatic heterocycles. The summed E-state index contributed by atoms with van der Waals surface area (Å²) >= 11 is 0. The van der Waals surface area contributed by atoms with Crippen LogP contribution in [0.3, 0.4) is 0 Å². The monoisotopic (exact) mass is 268 g/mol. The van der Waals surface area contributed by atoms with Gasteiger partial charge in [0.05, 0.1) is 6.10 Å². The smallest absolute Gasteiger partial charge is 0.0793 e. The molecule has 0 spiro atoms. The molecule has 1 N–H and O–H groups in total. The van der Waals surface area contributed by atoms with Gasteiger partial charge in [0.15, 0.2) is 0 Å². The lowest BCUT2D eigenvalue weighted by molar-refractivity contribution is 0.168. The number of benzene rings is 2. The van der Waals surface area contributed by atoms with Crippen molar-refractivity contribution in [3.05, 3.63) is 70.8 Å². The maximum Gasteiger partial charge on any atom is 0.0793 e. The molecule has 2 rings (SSSR count). The molecule has 0 aromatic heterocycles. The molecule has 1 unspecified atom stereocenters. The third-order valence-corrected chi connectivity index (χ3v) is 3.69. The van der Waals surface area contributed by atoms with Gasteiger partial charge < -0.3 is 5.11 Å². The fraction of sp³-hybridized carbons (Fsp3) is 0.368. The topological polar surface area (TPSA) is 20.2 Å². The molecule has 0 amide bonds. The molecule has 1 heteroatoms. The van der Waals surface area contributed by atoms with Crippen molar-refractivity contribution < 1.29 is 5.11 Å². The van der Waals surface area contributed by atoms with Crippen molar-refractivity contribution in [1.82, 2.24) is 0 Å². The molecule has 0 radical (unpaired) electrons. The Morgan fingerprint density at radius 1 is 0.950 bits per heavy atom. The van der Waals surface area contributed by atoms with Crippen molar-refractivity contribution in [3.63, 3.8) is 0 Å². The summed E-state index contributed by atoms with van der Waals surface area (Å²) < 4.78 is 0. The third kappa shape index (κ3) is 4.21. The summed E-state index contributed by atoms with van der Waals surface area (Å²) in [7, 11) is 0. The van der Waals surface area contributed by atoms with Gasteiger partial charge in [0.1, 0.15) is 0 Å².